The van der Waals surface area contributed by atoms with Crippen LogP contribution in [0.25, 0.3) is 0 Å². The SMILES string of the molecule is CCN1CCC(COCN2CCC(COC)C2)C1. The summed E-state index contributed by atoms with van der Waals surface area (Å²) in [4.78, 5) is 4.93. The largest absolute Gasteiger partial charge is 0.384 e. The Morgan fingerprint density at radius 2 is 1.67 bits per heavy atom. The monoisotopic (exact) mass is 256 g/mol. The van der Waals surface area contributed by atoms with Crippen molar-refractivity contribution in [3.8, 4) is 0 Å². The van der Waals surface area contributed by atoms with Gasteiger partial charge in [-0.05, 0) is 37.8 Å². The molecule has 18 heavy (non-hydrogen) atoms. The average Bonchev–Trinajstić information content (AvgIpc) is 2.99. The summed E-state index contributed by atoms with van der Waals surface area (Å²) in [7, 11) is 1.79. The second-order valence-electron chi connectivity index (χ2n) is 5.73. The molecule has 4 heteroatoms. The molecule has 2 aliphatic heterocycles. The van der Waals surface area contributed by atoms with Crippen LogP contribution in [0.2, 0.25) is 0 Å². The van der Waals surface area contributed by atoms with Crippen molar-refractivity contribution in [3.63, 3.8) is 0 Å². The molecule has 106 valence electrons. The van der Waals surface area contributed by atoms with Crippen molar-refractivity contribution in [3.05, 3.63) is 0 Å². The van der Waals surface area contributed by atoms with Gasteiger partial charge >= 0.3 is 0 Å². The fourth-order valence-corrected chi connectivity index (χ4v) is 3.09. The molecule has 0 aromatic heterocycles. The Morgan fingerprint density at radius 3 is 2.33 bits per heavy atom. The van der Waals surface area contributed by atoms with Crippen molar-refractivity contribution in [2.24, 2.45) is 11.8 Å². The first kappa shape index (κ1) is 14.3. The number of ether oxygens (including phenoxy) is 2. The van der Waals surface area contributed by atoms with Crippen LogP contribution in [-0.2, 0) is 9.47 Å². The molecule has 0 aromatic rings. The van der Waals surface area contributed by atoms with Crippen LogP contribution >= 0.6 is 0 Å². The predicted octanol–water partition coefficient (Wildman–Crippen LogP) is 1.27. The molecule has 2 atom stereocenters. The van der Waals surface area contributed by atoms with E-state index in [1.54, 1.807) is 7.11 Å². The van der Waals surface area contributed by atoms with Crippen molar-refractivity contribution >= 4 is 0 Å². The molecule has 0 bridgehead atoms. The predicted molar refractivity (Wildman–Crippen MR) is 72.6 cm³/mol. The van der Waals surface area contributed by atoms with Gasteiger partial charge < -0.3 is 14.4 Å². The highest BCUT2D eigenvalue weighted by Crippen LogP contribution is 2.18. The van der Waals surface area contributed by atoms with E-state index in [1.807, 2.05) is 0 Å². The van der Waals surface area contributed by atoms with Gasteiger partial charge in [0.05, 0.1) is 19.9 Å². The molecule has 0 saturated carbocycles. The van der Waals surface area contributed by atoms with Gasteiger partial charge in [-0.1, -0.05) is 6.92 Å². The lowest BCUT2D eigenvalue weighted by Gasteiger charge is -2.18. The second-order valence-corrected chi connectivity index (χ2v) is 5.73. The highest BCUT2D eigenvalue weighted by Gasteiger charge is 2.24. The summed E-state index contributed by atoms with van der Waals surface area (Å²) >= 11 is 0. The molecule has 0 spiro atoms. The number of likely N-dealkylation sites (tertiary alicyclic amines) is 2. The molecule has 2 aliphatic rings. The van der Waals surface area contributed by atoms with Crippen molar-refractivity contribution in [2.45, 2.75) is 19.8 Å². The Bertz CT molecular complexity index is 238. The van der Waals surface area contributed by atoms with E-state index in [0.29, 0.717) is 5.92 Å². The van der Waals surface area contributed by atoms with E-state index in [-0.39, 0.29) is 0 Å². The Hall–Kier alpha value is -0.160. The van der Waals surface area contributed by atoms with Crippen LogP contribution in [0.15, 0.2) is 0 Å². The Kier molecular flexibility index (Phi) is 5.89. The summed E-state index contributed by atoms with van der Waals surface area (Å²) in [6, 6.07) is 0. The van der Waals surface area contributed by atoms with Gasteiger partial charge in [0, 0.05) is 26.7 Å². The molecule has 4 nitrogen and oxygen atoms in total. The average molecular weight is 256 g/mol. The number of nitrogens with zero attached hydrogens (tertiary/aromatic N) is 2. The first-order chi connectivity index (χ1) is 8.81. The molecule has 2 unspecified atom stereocenters. The summed E-state index contributed by atoms with van der Waals surface area (Å²) in [5.74, 6) is 1.46. The third-order valence-corrected chi connectivity index (χ3v) is 4.22. The van der Waals surface area contributed by atoms with Crippen molar-refractivity contribution in [1.82, 2.24) is 9.80 Å². The van der Waals surface area contributed by atoms with Crippen LogP contribution in [0.5, 0.6) is 0 Å². The first-order valence-electron chi connectivity index (χ1n) is 7.33. The highest BCUT2D eigenvalue weighted by molar-refractivity contribution is 4.75. The van der Waals surface area contributed by atoms with E-state index in [9.17, 15) is 0 Å². The maximum atomic E-state index is 5.88. The quantitative estimate of drug-likeness (QED) is 0.685. The molecule has 0 aromatic carbocycles. The summed E-state index contributed by atoms with van der Waals surface area (Å²) < 4.78 is 11.1. The van der Waals surface area contributed by atoms with Gasteiger partial charge in [-0.15, -0.1) is 0 Å². The summed E-state index contributed by atoms with van der Waals surface area (Å²) in [5.41, 5.74) is 0. The van der Waals surface area contributed by atoms with Crippen LogP contribution in [0.4, 0.5) is 0 Å². The lowest BCUT2D eigenvalue weighted by Crippen LogP contribution is -2.27. The molecule has 2 rings (SSSR count). The topological polar surface area (TPSA) is 24.9 Å². The number of rotatable bonds is 7. The first-order valence-corrected chi connectivity index (χ1v) is 7.33. The molecule has 2 heterocycles. The van der Waals surface area contributed by atoms with Gasteiger partial charge in [0.25, 0.3) is 0 Å². The standard InChI is InChI=1S/C14H28N2O2/c1-3-15-6-4-14(8-15)11-18-12-16-7-5-13(9-16)10-17-2/h13-14H,3-12H2,1-2H3. The van der Waals surface area contributed by atoms with Crippen LogP contribution in [0, 0.1) is 11.8 Å². The highest BCUT2D eigenvalue weighted by atomic mass is 16.5. The normalized spacial score (nSPS) is 30.3. The van der Waals surface area contributed by atoms with E-state index >= 15 is 0 Å². The molecule has 0 aliphatic carbocycles. The zero-order valence-electron chi connectivity index (χ0n) is 11.9. The third-order valence-electron chi connectivity index (χ3n) is 4.22. The van der Waals surface area contributed by atoms with Crippen LogP contribution in [0.3, 0.4) is 0 Å². The van der Waals surface area contributed by atoms with E-state index in [0.717, 1.165) is 32.4 Å². The number of hydrogen-bond acceptors (Lipinski definition) is 4. The molecule has 0 amide bonds. The van der Waals surface area contributed by atoms with Crippen LogP contribution in [0.1, 0.15) is 19.8 Å². The van der Waals surface area contributed by atoms with Crippen molar-refractivity contribution < 1.29 is 9.47 Å². The lowest BCUT2D eigenvalue weighted by atomic mass is 10.1. The van der Waals surface area contributed by atoms with E-state index in [1.165, 1.54) is 39.0 Å². The minimum Gasteiger partial charge on any atom is -0.384 e. The van der Waals surface area contributed by atoms with E-state index in [2.05, 4.69) is 16.7 Å². The third kappa shape index (κ3) is 4.19. The summed E-state index contributed by atoms with van der Waals surface area (Å²) in [6.45, 7) is 10.8. The van der Waals surface area contributed by atoms with Gasteiger partial charge in [-0.3, -0.25) is 4.90 Å². The Balaban J connectivity index is 1.54. The Labute approximate surface area is 111 Å². The van der Waals surface area contributed by atoms with Gasteiger partial charge in [0.1, 0.15) is 0 Å². The molecule has 2 fully saturated rings. The van der Waals surface area contributed by atoms with Gasteiger partial charge in [0.2, 0.25) is 0 Å². The fraction of sp³-hybridized carbons (Fsp3) is 1.00. The fourth-order valence-electron chi connectivity index (χ4n) is 3.09. The number of hydrogen-bond donors (Lipinski definition) is 0. The second kappa shape index (κ2) is 7.43. The van der Waals surface area contributed by atoms with E-state index < -0.39 is 0 Å². The number of methoxy groups -OCH3 is 1. The molecular weight excluding hydrogens is 228 g/mol. The smallest absolute Gasteiger partial charge is 0.0990 e. The zero-order valence-corrected chi connectivity index (χ0v) is 11.9. The maximum absolute atomic E-state index is 5.88. The molecule has 0 radical (unpaired) electrons. The maximum Gasteiger partial charge on any atom is 0.0990 e. The van der Waals surface area contributed by atoms with Crippen molar-refractivity contribution in [1.29, 1.82) is 0 Å². The molecule has 0 N–H and O–H groups in total. The van der Waals surface area contributed by atoms with Crippen LogP contribution < -0.4 is 0 Å². The lowest BCUT2D eigenvalue weighted by molar-refractivity contribution is 0.0198. The van der Waals surface area contributed by atoms with E-state index in [4.69, 9.17) is 9.47 Å². The van der Waals surface area contributed by atoms with Gasteiger partial charge in [-0.25, -0.2) is 0 Å². The molecule has 2 saturated heterocycles. The summed E-state index contributed by atoms with van der Waals surface area (Å²) in [5, 5.41) is 0. The van der Waals surface area contributed by atoms with Crippen LogP contribution in [-0.4, -0.2) is 69.6 Å². The minimum absolute atomic E-state index is 0.709. The van der Waals surface area contributed by atoms with Gasteiger partial charge in [-0.2, -0.15) is 0 Å². The van der Waals surface area contributed by atoms with Gasteiger partial charge in [0.15, 0.2) is 0 Å². The zero-order chi connectivity index (χ0) is 12.8. The molecular formula is C14H28N2O2. The van der Waals surface area contributed by atoms with Crippen molar-refractivity contribution in [2.75, 3.05) is 59.8 Å². The summed E-state index contributed by atoms with van der Waals surface area (Å²) in [6.07, 6.45) is 2.56. The minimum atomic E-state index is 0.709. The Morgan fingerprint density at radius 1 is 1.00 bits per heavy atom.